The zero-order valence-electron chi connectivity index (χ0n) is 16.6. The third-order valence-electron chi connectivity index (χ3n) is 5.53. The van der Waals surface area contributed by atoms with Crippen molar-refractivity contribution in [3.05, 3.63) is 56.2 Å². The summed E-state index contributed by atoms with van der Waals surface area (Å²) in [5.41, 5.74) is 8.59. The van der Waals surface area contributed by atoms with E-state index in [2.05, 4.69) is 29.2 Å². The molecule has 1 unspecified atom stereocenters. The summed E-state index contributed by atoms with van der Waals surface area (Å²) >= 11 is 0. The number of aromatic nitrogens is 4. The molecule has 2 aromatic heterocycles. The molecule has 1 atom stereocenters. The molecule has 0 aliphatic carbocycles. The van der Waals surface area contributed by atoms with Crippen LogP contribution in [0.15, 0.2) is 33.9 Å². The van der Waals surface area contributed by atoms with Gasteiger partial charge in [-0.15, -0.1) is 0 Å². The number of anilines is 1. The first-order valence-electron chi connectivity index (χ1n) is 9.59. The largest absolute Gasteiger partial charge is 0.341 e. The number of imidazole rings is 1. The quantitative estimate of drug-likeness (QED) is 0.721. The summed E-state index contributed by atoms with van der Waals surface area (Å²) in [5, 5.41) is 0. The van der Waals surface area contributed by atoms with Gasteiger partial charge in [-0.1, -0.05) is 29.8 Å². The van der Waals surface area contributed by atoms with Gasteiger partial charge >= 0.3 is 5.69 Å². The van der Waals surface area contributed by atoms with Crippen molar-refractivity contribution in [3.63, 3.8) is 0 Å². The molecule has 1 aliphatic rings. The summed E-state index contributed by atoms with van der Waals surface area (Å²) in [5.74, 6) is 0.698. The second-order valence-electron chi connectivity index (χ2n) is 7.71. The van der Waals surface area contributed by atoms with Gasteiger partial charge in [-0.05, 0) is 25.3 Å². The number of hydrogen-bond acceptors (Lipinski definition) is 5. The van der Waals surface area contributed by atoms with Crippen LogP contribution in [0.1, 0.15) is 24.0 Å². The van der Waals surface area contributed by atoms with Crippen LogP contribution in [-0.4, -0.2) is 37.8 Å². The predicted molar refractivity (Wildman–Crippen MR) is 110 cm³/mol. The number of fused-ring (bicyclic) bond motifs is 1. The molecule has 3 aromatic rings. The lowest BCUT2D eigenvalue weighted by molar-refractivity contribution is 0.495. The molecule has 1 aliphatic heterocycles. The number of piperidine rings is 1. The van der Waals surface area contributed by atoms with Gasteiger partial charge in [0.15, 0.2) is 11.2 Å². The standard InChI is InChI=1S/C20H26N6O2/c1-13-6-8-14(9-7-13)11-26-16-17(23(2)20(28)24(3)18(16)27)22-19(26)25-10-4-5-15(21)12-25/h6-9,15H,4-5,10-12,21H2,1-3H3. The fourth-order valence-electron chi connectivity index (χ4n) is 3.89. The van der Waals surface area contributed by atoms with Gasteiger partial charge in [-0.2, -0.15) is 4.98 Å². The molecule has 2 N–H and O–H groups in total. The van der Waals surface area contributed by atoms with Crippen molar-refractivity contribution >= 4 is 17.1 Å². The first-order valence-corrected chi connectivity index (χ1v) is 9.59. The van der Waals surface area contributed by atoms with Crippen LogP contribution >= 0.6 is 0 Å². The maximum atomic E-state index is 13.0. The highest BCUT2D eigenvalue weighted by atomic mass is 16.2. The summed E-state index contributed by atoms with van der Waals surface area (Å²) in [4.78, 5) is 32.2. The molecule has 8 heteroatoms. The maximum Gasteiger partial charge on any atom is 0.332 e. The van der Waals surface area contributed by atoms with Crippen LogP contribution in [0.4, 0.5) is 5.95 Å². The first kappa shape index (κ1) is 18.5. The number of benzene rings is 1. The van der Waals surface area contributed by atoms with Crippen LogP contribution in [0.5, 0.6) is 0 Å². The zero-order valence-corrected chi connectivity index (χ0v) is 16.6. The van der Waals surface area contributed by atoms with Crippen molar-refractivity contribution in [1.29, 1.82) is 0 Å². The Bertz CT molecular complexity index is 1140. The molecule has 0 bridgehead atoms. The molecule has 148 valence electrons. The topological polar surface area (TPSA) is 91.1 Å². The van der Waals surface area contributed by atoms with Gasteiger partial charge in [-0.25, -0.2) is 4.79 Å². The lowest BCUT2D eigenvalue weighted by atomic mass is 10.1. The van der Waals surface area contributed by atoms with Crippen molar-refractivity contribution in [2.75, 3.05) is 18.0 Å². The van der Waals surface area contributed by atoms with Gasteiger partial charge in [0.2, 0.25) is 5.95 Å². The lowest BCUT2D eigenvalue weighted by Gasteiger charge is -2.31. The van der Waals surface area contributed by atoms with E-state index >= 15 is 0 Å². The van der Waals surface area contributed by atoms with Crippen LogP contribution in [0, 0.1) is 6.92 Å². The van der Waals surface area contributed by atoms with Crippen LogP contribution in [-0.2, 0) is 20.6 Å². The van der Waals surface area contributed by atoms with Gasteiger partial charge in [0.1, 0.15) is 0 Å². The van der Waals surface area contributed by atoms with Crippen LogP contribution in [0.3, 0.4) is 0 Å². The molecule has 3 heterocycles. The van der Waals surface area contributed by atoms with Gasteiger partial charge in [0.05, 0.1) is 6.54 Å². The SMILES string of the molecule is Cc1ccc(Cn2c(N3CCCC(N)C3)nc3c2c(=O)n(C)c(=O)n3C)cc1. The molecule has 0 radical (unpaired) electrons. The van der Waals surface area contributed by atoms with E-state index in [0.29, 0.717) is 30.2 Å². The summed E-state index contributed by atoms with van der Waals surface area (Å²) in [6, 6.07) is 8.30. The van der Waals surface area contributed by atoms with Crippen molar-refractivity contribution in [2.24, 2.45) is 19.8 Å². The molecular formula is C20H26N6O2. The van der Waals surface area contributed by atoms with E-state index < -0.39 is 0 Å². The van der Waals surface area contributed by atoms with Crippen LogP contribution < -0.4 is 21.9 Å². The van der Waals surface area contributed by atoms with Crippen molar-refractivity contribution in [3.8, 4) is 0 Å². The molecule has 0 amide bonds. The first-order chi connectivity index (χ1) is 13.4. The molecule has 0 spiro atoms. The Morgan fingerprint density at radius 2 is 1.86 bits per heavy atom. The summed E-state index contributed by atoms with van der Waals surface area (Å²) in [6.07, 6.45) is 1.96. The average Bonchev–Trinajstić information content (AvgIpc) is 3.06. The fourth-order valence-corrected chi connectivity index (χ4v) is 3.89. The van der Waals surface area contributed by atoms with E-state index in [0.717, 1.165) is 29.5 Å². The summed E-state index contributed by atoms with van der Waals surface area (Å²) in [6.45, 7) is 4.07. The second-order valence-corrected chi connectivity index (χ2v) is 7.71. The Hall–Kier alpha value is -2.87. The number of hydrogen-bond donors (Lipinski definition) is 1. The number of rotatable bonds is 3. The molecule has 1 saturated heterocycles. The Kier molecular flexibility index (Phi) is 4.58. The maximum absolute atomic E-state index is 13.0. The highest BCUT2D eigenvalue weighted by Gasteiger charge is 2.25. The number of aryl methyl sites for hydroxylation is 2. The minimum Gasteiger partial charge on any atom is -0.341 e. The summed E-state index contributed by atoms with van der Waals surface area (Å²) in [7, 11) is 3.16. The predicted octanol–water partition coefficient (Wildman–Crippen LogP) is 0.718. The number of nitrogens with zero attached hydrogens (tertiary/aromatic N) is 5. The van der Waals surface area contributed by atoms with E-state index in [1.165, 1.54) is 17.2 Å². The Morgan fingerprint density at radius 1 is 1.14 bits per heavy atom. The van der Waals surface area contributed by atoms with Gasteiger partial charge in [0.25, 0.3) is 5.56 Å². The van der Waals surface area contributed by atoms with Crippen molar-refractivity contribution < 1.29 is 0 Å². The van der Waals surface area contributed by atoms with E-state index in [4.69, 9.17) is 10.7 Å². The molecule has 4 rings (SSSR count). The molecule has 8 nitrogen and oxygen atoms in total. The van der Waals surface area contributed by atoms with Gasteiger partial charge in [0, 0.05) is 33.2 Å². The molecular weight excluding hydrogens is 356 g/mol. The van der Waals surface area contributed by atoms with Crippen LogP contribution in [0.25, 0.3) is 11.2 Å². The highest BCUT2D eigenvalue weighted by molar-refractivity contribution is 5.75. The van der Waals surface area contributed by atoms with Crippen LogP contribution in [0.2, 0.25) is 0 Å². The monoisotopic (exact) mass is 382 g/mol. The Balaban J connectivity index is 1.95. The van der Waals surface area contributed by atoms with E-state index in [1.54, 1.807) is 7.05 Å². The van der Waals surface area contributed by atoms with Crippen molar-refractivity contribution in [1.82, 2.24) is 18.7 Å². The Morgan fingerprint density at radius 3 is 2.54 bits per heavy atom. The number of nitrogens with two attached hydrogens (primary N) is 1. The van der Waals surface area contributed by atoms with E-state index in [1.807, 2.05) is 11.5 Å². The molecule has 0 saturated carbocycles. The minimum absolute atomic E-state index is 0.0769. The highest BCUT2D eigenvalue weighted by Crippen LogP contribution is 2.24. The molecule has 1 fully saturated rings. The zero-order chi connectivity index (χ0) is 20.0. The third-order valence-corrected chi connectivity index (χ3v) is 5.53. The molecule has 28 heavy (non-hydrogen) atoms. The van der Waals surface area contributed by atoms with Gasteiger partial charge in [-0.3, -0.25) is 18.5 Å². The Labute approximate surface area is 162 Å². The van der Waals surface area contributed by atoms with E-state index in [9.17, 15) is 9.59 Å². The fraction of sp³-hybridized carbons (Fsp3) is 0.450. The average molecular weight is 382 g/mol. The van der Waals surface area contributed by atoms with Crippen molar-refractivity contribution in [2.45, 2.75) is 32.4 Å². The minimum atomic E-state index is -0.376. The second kappa shape index (κ2) is 6.94. The normalized spacial score (nSPS) is 17.4. The smallest absolute Gasteiger partial charge is 0.332 e. The molecule has 1 aromatic carbocycles. The van der Waals surface area contributed by atoms with Gasteiger partial charge < -0.3 is 10.6 Å². The lowest BCUT2D eigenvalue weighted by Crippen LogP contribution is -2.44. The third kappa shape index (κ3) is 3.03. The summed E-state index contributed by atoms with van der Waals surface area (Å²) < 4.78 is 4.51. The van der Waals surface area contributed by atoms with E-state index in [-0.39, 0.29) is 17.3 Å².